The summed E-state index contributed by atoms with van der Waals surface area (Å²) in [4.78, 5) is 14.7. The van der Waals surface area contributed by atoms with E-state index < -0.39 is 5.60 Å². The number of carbonyl (C=O) groups is 1. The largest absolute Gasteiger partial charge is 0.486 e. The van der Waals surface area contributed by atoms with E-state index >= 15 is 0 Å². The molecule has 0 radical (unpaired) electrons. The number of fused-ring (bicyclic) bond motifs is 1. The Morgan fingerprint density at radius 3 is 2.68 bits per heavy atom. The predicted octanol–water partition coefficient (Wildman–Crippen LogP) is 4.48. The fourth-order valence-electron chi connectivity index (χ4n) is 3.73. The molecule has 2 aromatic rings. The molecule has 0 amide bonds. The third-order valence-corrected chi connectivity index (χ3v) is 5.41. The van der Waals surface area contributed by atoms with Gasteiger partial charge >= 0.3 is 0 Å². The van der Waals surface area contributed by atoms with E-state index in [9.17, 15) is 9.18 Å². The van der Waals surface area contributed by atoms with Crippen molar-refractivity contribution >= 4 is 17.4 Å². The maximum absolute atomic E-state index is 13.8. The second kappa shape index (κ2) is 6.43. The molecule has 1 spiro atoms. The van der Waals surface area contributed by atoms with Crippen molar-refractivity contribution < 1.29 is 13.9 Å². The molecule has 0 N–H and O–H groups in total. The minimum Gasteiger partial charge on any atom is -0.486 e. The summed E-state index contributed by atoms with van der Waals surface area (Å²) in [6.07, 6.45) is 1.90. The number of benzene rings is 2. The maximum atomic E-state index is 13.8. The Bertz CT molecular complexity index is 815. The van der Waals surface area contributed by atoms with E-state index in [2.05, 4.69) is 4.90 Å². The average molecular weight is 360 g/mol. The molecule has 4 rings (SSSR count). The molecule has 3 nitrogen and oxygen atoms in total. The van der Waals surface area contributed by atoms with Crippen LogP contribution < -0.4 is 4.74 Å². The van der Waals surface area contributed by atoms with E-state index in [4.69, 9.17) is 16.3 Å². The van der Waals surface area contributed by atoms with Crippen LogP contribution in [-0.2, 0) is 6.54 Å². The van der Waals surface area contributed by atoms with Gasteiger partial charge in [0.25, 0.3) is 0 Å². The number of nitrogens with zero attached hydrogens (tertiary/aromatic N) is 1. The smallest absolute Gasteiger partial charge is 0.170 e. The molecular weight excluding hydrogens is 341 g/mol. The van der Waals surface area contributed by atoms with Crippen LogP contribution in [0.3, 0.4) is 0 Å². The van der Waals surface area contributed by atoms with Crippen molar-refractivity contribution in [1.29, 1.82) is 0 Å². The van der Waals surface area contributed by atoms with Crippen LogP contribution in [0.15, 0.2) is 42.5 Å². The number of ketones is 1. The van der Waals surface area contributed by atoms with Gasteiger partial charge in [0.2, 0.25) is 0 Å². The summed E-state index contributed by atoms with van der Waals surface area (Å²) in [6.45, 7) is 2.15. The minimum atomic E-state index is -0.441. The van der Waals surface area contributed by atoms with Crippen LogP contribution in [0.2, 0.25) is 5.02 Å². The van der Waals surface area contributed by atoms with Crippen LogP contribution in [0, 0.1) is 5.82 Å². The van der Waals surface area contributed by atoms with Gasteiger partial charge in [0.15, 0.2) is 5.78 Å². The standard InChI is InChI=1S/C20H19ClFNO2/c21-15-5-6-19-16(11-15)18(24)12-20(25-19)7-9-23(10-8-20)13-14-3-1-2-4-17(14)22/h1-6,11H,7-10,12-13H2. The first kappa shape index (κ1) is 16.6. The highest BCUT2D eigenvalue weighted by atomic mass is 35.5. The van der Waals surface area contributed by atoms with Gasteiger partial charge in [-0.2, -0.15) is 0 Å². The van der Waals surface area contributed by atoms with Crippen LogP contribution in [-0.4, -0.2) is 29.4 Å². The predicted molar refractivity (Wildman–Crippen MR) is 94.7 cm³/mol. The van der Waals surface area contributed by atoms with Gasteiger partial charge in [0.05, 0.1) is 12.0 Å². The summed E-state index contributed by atoms with van der Waals surface area (Å²) in [6, 6.07) is 12.1. The van der Waals surface area contributed by atoms with Crippen LogP contribution in [0.1, 0.15) is 35.2 Å². The molecule has 0 atom stereocenters. The molecule has 0 unspecified atom stereocenters. The summed E-state index contributed by atoms with van der Waals surface area (Å²) in [5.74, 6) is 0.548. The number of carbonyl (C=O) groups excluding carboxylic acids is 1. The molecule has 5 heteroatoms. The molecule has 2 aliphatic heterocycles. The fourth-order valence-corrected chi connectivity index (χ4v) is 3.90. The van der Waals surface area contributed by atoms with Crippen molar-refractivity contribution in [1.82, 2.24) is 4.90 Å². The third kappa shape index (κ3) is 3.29. The summed E-state index contributed by atoms with van der Waals surface area (Å²) in [7, 11) is 0. The lowest BCUT2D eigenvalue weighted by Crippen LogP contribution is -2.50. The number of Topliss-reactive ketones (excluding diaryl/α,β-unsaturated/α-hetero) is 1. The quantitative estimate of drug-likeness (QED) is 0.791. The van der Waals surface area contributed by atoms with E-state index in [1.807, 2.05) is 12.1 Å². The molecule has 1 saturated heterocycles. The van der Waals surface area contributed by atoms with E-state index in [-0.39, 0.29) is 11.6 Å². The summed E-state index contributed by atoms with van der Waals surface area (Å²) < 4.78 is 20.1. The van der Waals surface area contributed by atoms with Gasteiger partial charge in [-0.3, -0.25) is 9.69 Å². The maximum Gasteiger partial charge on any atom is 0.170 e. The topological polar surface area (TPSA) is 29.5 Å². The van der Waals surface area contributed by atoms with Crippen LogP contribution in [0.25, 0.3) is 0 Å². The van der Waals surface area contributed by atoms with Crippen molar-refractivity contribution in [2.45, 2.75) is 31.4 Å². The summed E-state index contributed by atoms with van der Waals surface area (Å²) in [5, 5.41) is 0.548. The number of hydrogen-bond donors (Lipinski definition) is 0. The van der Waals surface area contributed by atoms with Gasteiger partial charge in [-0.05, 0) is 24.3 Å². The first-order chi connectivity index (χ1) is 12.0. The highest BCUT2D eigenvalue weighted by Gasteiger charge is 2.42. The highest BCUT2D eigenvalue weighted by molar-refractivity contribution is 6.31. The van der Waals surface area contributed by atoms with Gasteiger partial charge < -0.3 is 4.74 Å². The zero-order valence-electron chi connectivity index (χ0n) is 13.8. The number of piperidine rings is 1. The Morgan fingerprint density at radius 2 is 1.92 bits per heavy atom. The number of ether oxygens (including phenoxy) is 1. The molecule has 130 valence electrons. The molecule has 0 aliphatic carbocycles. The highest BCUT2D eigenvalue weighted by Crippen LogP contribution is 2.40. The van der Waals surface area contributed by atoms with Crippen molar-refractivity contribution in [2.24, 2.45) is 0 Å². The molecule has 1 fully saturated rings. The van der Waals surface area contributed by atoms with Gasteiger partial charge in [-0.15, -0.1) is 0 Å². The Balaban J connectivity index is 1.46. The Hall–Kier alpha value is -1.91. The molecule has 0 bridgehead atoms. The number of likely N-dealkylation sites (tertiary alicyclic amines) is 1. The molecule has 2 aromatic carbocycles. The van der Waals surface area contributed by atoms with E-state index in [0.29, 0.717) is 34.9 Å². The zero-order chi connectivity index (χ0) is 17.4. The van der Waals surface area contributed by atoms with E-state index in [1.54, 1.807) is 24.3 Å². The Labute approximate surface area is 151 Å². The molecule has 0 aromatic heterocycles. The van der Waals surface area contributed by atoms with Crippen molar-refractivity contribution in [3.8, 4) is 5.75 Å². The SMILES string of the molecule is O=C1CC2(CCN(Cc3ccccc3F)CC2)Oc2ccc(Cl)cc21. The average Bonchev–Trinajstić information content (AvgIpc) is 2.60. The molecule has 25 heavy (non-hydrogen) atoms. The molecule has 0 saturated carbocycles. The van der Waals surface area contributed by atoms with Crippen molar-refractivity contribution in [2.75, 3.05) is 13.1 Å². The van der Waals surface area contributed by atoms with Crippen molar-refractivity contribution in [3.05, 3.63) is 64.4 Å². The number of rotatable bonds is 2. The van der Waals surface area contributed by atoms with Gasteiger partial charge in [0.1, 0.15) is 17.2 Å². The molecule has 2 heterocycles. The first-order valence-corrected chi connectivity index (χ1v) is 8.90. The van der Waals surface area contributed by atoms with E-state index in [0.717, 1.165) is 25.9 Å². The Morgan fingerprint density at radius 1 is 1.16 bits per heavy atom. The third-order valence-electron chi connectivity index (χ3n) is 5.17. The second-order valence-corrected chi connectivity index (χ2v) is 7.33. The van der Waals surface area contributed by atoms with Gasteiger partial charge in [0, 0.05) is 43.1 Å². The minimum absolute atomic E-state index is 0.0892. The lowest BCUT2D eigenvalue weighted by Gasteiger charge is -2.44. The van der Waals surface area contributed by atoms with Gasteiger partial charge in [-0.25, -0.2) is 4.39 Å². The monoisotopic (exact) mass is 359 g/mol. The van der Waals surface area contributed by atoms with E-state index in [1.165, 1.54) is 6.07 Å². The summed E-state index contributed by atoms with van der Waals surface area (Å²) in [5.41, 5.74) is 0.842. The fraction of sp³-hybridized carbons (Fsp3) is 0.350. The van der Waals surface area contributed by atoms with Crippen LogP contribution in [0.4, 0.5) is 4.39 Å². The normalized spacial score (nSPS) is 19.5. The molecule has 2 aliphatic rings. The first-order valence-electron chi connectivity index (χ1n) is 8.52. The lowest BCUT2D eigenvalue weighted by molar-refractivity contribution is -0.0109. The van der Waals surface area contributed by atoms with Gasteiger partial charge in [-0.1, -0.05) is 29.8 Å². The summed E-state index contributed by atoms with van der Waals surface area (Å²) >= 11 is 5.98. The number of halogens is 2. The zero-order valence-corrected chi connectivity index (χ0v) is 14.6. The van der Waals surface area contributed by atoms with Crippen LogP contribution >= 0.6 is 11.6 Å². The second-order valence-electron chi connectivity index (χ2n) is 6.89. The lowest BCUT2D eigenvalue weighted by atomic mass is 9.82. The van der Waals surface area contributed by atoms with Crippen LogP contribution in [0.5, 0.6) is 5.75 Å². The number of hydrogen-bond acceptors (Lipinski definition) is 3. The van der Waals surface area contributed by atoms with Crippen molar-refractivity contribution in [3.63, 3.8) is 0 Å². The Kier molecular flexibility index (Phi) is 4.26. The molecular formula is C20H19ClFNO2.